The Morgan fingerprint density at radius 1 is 1.00 bits per heavy atom. The van der Waals surface area contributed by atoms with Gasteiger partial charge in [-0.15, -0.1) is 0 Å². The Balaban J connectivity index is 2.15. The Labute approximate surface area is 149 Å². The Kier molecular flexibility index (Phi) is 7.89. The van der Waals surface area contributed by atoms with Gasteiger partial charge in [-0.25, -0.2) is 4.79 Å². The highest BCUT2D eigenvalue weighted by Crippen LogP contribution is 2.13. The van der Waals surface area contributed by atoms with Crippen molar-refractivity contribution in [1.82, 2.24) is 5.06 Å². The summed E-state index contributed by atoms with van der Waals surface area (Å²) in [5, 5.41) is 1.80. The zero-order valence-electron chi connectivity index (χ0n) is 14.8. The standard InChI is InChI=1S/C21H25NO3/c1-3-11-20(21(23)24-4-2)25-22(16-18-12-7-5-8-13-18)17-19-14-9-6-10-15-19/h3,5-15,20H,4,16-17H2,1-2H3/b11-3+/t20-/m0/s1. The number of rotatable bonds is 9. The Bertz CT molecular complexity index is 614. The van der Waals surface area contributed by atoms with E-state index < -0.39 is 6.10 Å². The van der Waals surface area contributed by atoms with E-state index in [-0.39, 0.29) is 5.97 Å². The van der Waals surface area contributed by atoms with Crippen LogP contribution in [0.25, 0.3) is 0 Å². The first-order valence-electron chi connectivity index (χ1n) is 8.52. The number of esters is 1. The van der Waals surface area contributed by atoms with E-state index in [0.717, 1.165) is 11.1 Å². The smallest absolute Gasteiger partial charge is 0.341 e. The topological polar surface area (TPSA) is 38.8 Å². The number of benzene rings is 2. The summed E-state index contributed by atoms with van der Waals surface area (Å²) in [6.07, 6.45) is 2.75. The predicted octanol–water partition coefficient (Wildman–Crippen LogP) is 4.13. The number of ether oxygens (including phenoxy) is 1. The van der Waals surface area contributed by atoms with Gasteiger partial charge in [0.15, 0.2) is 6.10 Å². The lowest BCUT2D eigenvalue weighted by atomic mass is 10.2. The molecule has 0 bridgehead atoms. The minimum Gasteiger partial charge on any atom is -0.464 e. The lowest BCUT2D eigenvalue weighted by Crippen LogP contribution is -2.34. The van der Waals surface area contributed by atoms with E-state index >= 15 is 0 Å². The number of hydrogen-bond donors (Lipinski definition) is 0. The maximum Gasteiger partial charge on any atom is 0.341 e. The average Bonchev–Trinajstić information content (AvgIpc) is 2.63. The third-order valence-electron chi connectivity index (χ3n) is 3.55. The van der Waals surface area contributed by atoms with Crippen LogP contribution in [-0.2, 0) is 27.5 Å². The van der Waals surface area contributed by atoms with Gasteiger partial charge in [0.1, 0.15) is 0 Å². The third-order valence-corrected chi connectivity index (χ3v) is 3.55. The van der Waals surface area contributed by atoms with Gasteiger partial charge in [0.25, 0.3) is 0 Å². The van der Waals surface area contributed by atoms with Crippen LogP contribution in [0.3, 0.4) is 0 Å². The van der Waals surface area contributed by atoms with Crippen molar-refractivity contribution in [2.24, 2.45) is 0 Å². The van der Waals surface area contributed by atoms with Gasteiger partial charge in [0.05, 0.1) is 6.61 Å². The van der Waals surface area contributed by atoms with Crippen molar-refractivity contribution >= 4 is 5.97 Å². The summed E-state index contributed by atoms with van der Waals surface area (Å²) in [5.41, 5.74) is 2.23. The molecule has 25 heavy (non-hydrogen) atoms. The first-order valence-corrected chi connectivity index (χ1v) is 8.52. The number of hydroxylamine groups is 2. The van der Waals surface area contributed by atoms with Crippen LogP contribution in [0.4, 0.5) is 0 Å². The predicted molar refractivity (Wildman–Crippen MR) is 98.5 cm³/mol. The van der Waals surface area contributed by atoms with Crippen molar-refractivity contribution in [1.29, 1.82) is 0 Å². The van der Waals surface area contributed by atoms with Crippen LogP contribution in [0.2, 0.25) is 0 Å². The summed E-state index contributed by atoms with van der Waals surface area (Å²) < 4.78 is 5.12. The highest BCUT2D eigenvalue weighted by molar-refractivity contribution is 5.76. The van der Waals surface area contributed by atoms with Gasteiger partial charge in [0.2, 0.25) is 0 Å². The van der Waals surface area contributed by atoms with E-state index in [1.807, 2.05) is 67.6 Å². The van der Waals surface area contributed by atoms with Crippen LogP contribution in [-0.4, -0.2) is 23.7 Å². The van der Waals surface area contributed by atoms with Crippen molar-refractivity contribution in [3.63, 3.8) is 0 Å². The van der Waals surface area contributed by atoms with Gasteiger partial charge < -0.3 is 4.74 Å². The van der Waals surface area contributed by atoms with Crippen molar-refractivity contribution in [2.45, 2.75) is 33.0 Å². The number of carbonyl (C=O) groups excluding carboxylic acids is 1. The fourth-order valence-corrected chi connectivity index (χ4v) is 2.42. The fourth-order valence-electron chi connectivity index (χ4n) is 2.42. The summed E-state index contributed by atoms with van der Waals surface area (Å²) in [7, 11) is 0. The first-order chi connectivity index (χ1) is 12.2. The molecular weight excluding hydrogens is 314 g/mol. The maximum atomic E-state index is 12.1. The van der Waals surface area contributed by atoms with E-state index in [4.69, 9.17) is 9.57 Å². The third kappa shape index (κ3) is 6.53. The van der Waals surface area contributed by atoms with E-state index in [2.05, 4.69) is 0 Å². The number of hydrogen-bond acceptors (Lipinski definition) is 4. The molecule has 2 aromatic carbocycles. The van der Waals surface area contributed by atoms with E-state index in [1.165, 1.54) is 0 Å². The Hall–Kier alpha value is -2.43. The average molecular weight is 339 g/mol. The van der Waals surface area contributed by atoms with Crippen LogP contribution in [0.15, 0.2) is 72.8 Å². The zero-order valence-corrected chi connectivity index (χ0v) is 14.8. The zero-order chi connectivity index (χ0) is 17.9. The molecule has 0 unspecified atom stereocenters. The highest BCUT2D eigenvalue weighted by Gasteiger charge is 2.21. The van der Waals surface area contributed by atoms with Crippen LogP contribution >= 0.6 is 0 Å². The van der Waals surface area contributed by atoms with E-state index in [1.54, 1.807) is 24.1 Å². The number of carbonyl (C=O) groups is 1. The van der Waals surface area contributed by atoms with Gasteiger partial charge in [-0.1, -0.05) is 66.7 Å². The fraction of sp³-hybridized carbons (Fsp3) is 0.286. The monoisotopic (exact) mass is 339 g/mol. The largest absolute Gasteiger partial charge is 0.464 e. The molecule has 0 aromatic heterocycles. The summed E-state index contributed by atoms with van der Waals surface area (Å²) in [5.74, 6) is -0.383. The van der Waals surface area contributed by atoms with Crippen LogP contribution < -0.4 is 0 Å². The van der Waals surface area contributed by atoms with Crippen LogP contribution in [0.5, 0.6) is 0 Å². The molecular formula is C21H25NO3. The lowest BCUT2D eigenvalue weighted by molar-refractivity contribution is -0.212. The quantitative estimate of drug-likeness (QED) is 0.391. The highest BCUT2D eigenvalue weighted by atomic mass is 16.7. The van der Waals surface area contributed by atoms with Crippen LogP contribution in [0, 0.1) is 0 Å². The van der Waals surface area contributed by atoms with Crippen molar-refractivity contribution in [3.8, 4) is 0 Å². The molecule has 0 saturated heterocycles. The van der Waals surface area contributed by atoms with Gasteiger partial charge in [0, 0.05) is 13.1 Å². The molecule has 0 fully saturated rings. The molecule has 4 heteroatoms. The van der Waals surface area contributed by atoms with Crippen molar-refractivity contribution < 1.29 is 14.4 Å². The SMILES string of the molecule is C/C=C/[C@H](ON(Cc1ccccc1)Cc1ccccc1)C(=O)OCC. The molecule has 0 aliphatic carbocycles. The molecule has 0 radical (unpaired) electrons. The van der Waals surface area contributed by atoms with Crippen molar-refractivity contribution in [2.75, 3.05) is 6.61 Å². The first kappa shape index (κ1) is 18.9. The molecule has 0 amide bonds. The molecule has 132 valence electrons. The molecule has 0 aliphatic rings. The van der Waals surface area contributed by atoms with Gasteiger partial charge in [-0.2, -0.15) is 5.06 Å². The number of allylic oxidation sites excluding steroid dienone is 1. The lowest BCUT2D eigenvalue weighted by Gasteiger charge is -2.25. The normalized spacial score (nSPS) is 12.4. The second-order valence-electron chi connectivity index (χ2n) is 5.57. The Morgan fingerprint density at radius 2 is 1.52 bits per heavy atom. The molecule has 0 spiro atoms. The molecule has 0 saturated carbocycles. The Morgan fingerprint density at radius 3 is 1.96 bits per heavy atom. The molecule has 2 aromatic rings. The number of nitrogens with zero attached hydrogens (tertiary/aromatic N) is 1. The molecule has 2 rings (SSSR count). The molecule has 0 heterocycles. The summed E-state index contributed by atoms with van der Waals surface area (Å²) in [6.45, 7) is 5.12. The van der Waals surface area contributed by atoms with Gasteiger partial charge in [-0.05, 0) is 31.1 Å². The molecule has 0 N–H and O–H groups in total. The molecule has 4 nitrogen and oxygen atoms in total. The second-order valence-corrected chi connectivity index (χ2v) is 5.57. The minimum absolute atomic E-state index is 0.327. The van der Waals surface area contributed by atoms with Crippen LogP contribution in [0.1, 0.15) is 25.0 Å². The molecule has 1 atom stereocenters. The van der Waals surface area contributed by atoms with Gasteiger partial charge >= 0.3 is 5.97 Å². The summed E-state index contributed by atoms with van der Waals surface area (Å²) >= 11 is 0. The summed E-state index contributed by atoms with van der Waals surface area (Å²) in [6, 6.07) is 20.1. The van der Waals surface area contributed by atoms with E-state index in [9.17, 15) is 4.79 Å². The van der Waals surface area contributed by atoms with Gasteiger partial charge in [-0.3, -0.25) is 4.84 Å². The second kappa shape index (κ2) is 10.4. The minimum atomic E-state index is -0.752. The van der Waals surface area contributed by atoms with Crippen molar-refractivity contribution in [3.05, 3.63) is 83.9 Å². The molecule has 0 aliphatic heterocycles. The maximum absolute atomic E-state index is 12.1. The summed E-state index contributed by atoms with van der Waals surface area (Å²) in [4.78, 5) is 18.1. The van der Waals surface area contributed by atoms with E-state index in [0.29, 0.717) is 19.7 Å².